The van der Waals surface area contributed by atoms with Crippen LogP contribution in [0.2, 0.25) is 5.82 Å². The lowest BCUT2D eigenvalue weighted by molar-refractivity contribution is 0.436. The molecule has 0 spiro atoms. The van der Waals surface area contributed by atoms with E-state index in [4.69, 9.17) is 0 Å². The third kappa shape index (κ3) is 14.0. The minimum atomic E-state index is -0.168. The van der Waals surface area contributed by atoms with Crippen molar-refractivity contribution in [2.75, 3.05) is 16.3 Å². The Hall–Kier alpha value is -7.76. The van der Waals surface area contributed by atoms with Crippen LogP contribution in [0.25, 0.3) is 60.4 Å². The van der Waals surface area contributed by atoms with E-state index in [9.17, 15) is 0 Å². The highest BCUT2D eigenvalue weighted by Gasteiger charge is 2.46. The fourth-order valence-electron chi connectivity index (χ4n) is 21.2. The molecule has 1 aliphatic heterocycles. The molecule has 109 heavy (non-hydrogen) atoms. The molecule has 0 radical (unpaired) electrons. The summed E-state index contributed by atoms with van der Waals surface area (Å²) in [7, 11) is 0. The van der Waals surface area contributed by atoms with Gasteiger partial charge >= 0.3 is 0 Å². The summed E-state index contributed by atoms with van der Waals surface area (Å²) >= 11 is 0. The average Bonchev–Trinajstić information content (AvgIpc) is 0.744. The van der Waals surface area contributed by atoms with Crippen LogP contribution in [0.4, 0.5) is 28.4 Å². The maximum absolute atomic E-state index is 3.00. The molecule has 2 aromatic heterocycles. The van der Waals surface area contributed by atoms with Crippen LogP contribution in [0.3, 0.4) is 0 Å². The van der Waals surface area contributed by atoms with Crippen molar-refractivity contribution in [1.29, 1.82) is 0 Å². The molecule has 9 aromatic carbocycles. The third-order valence-corrected chi connectivity index (χ3v) is 27.8. The van der Waals surface area contributed by atoms with Crippen LogP contribution in [-0.4, -0.2) is 22.4 Å². The van der Waals surface area contributed by atoms with Crippen molar-refractivity contribution in [3.8, 4) is 16.8 Å². The van der Waals surface area contributed by atoms with Crippen molar-refractivity contribution in [2.24, 2.45) is 0 Å². The normalized spacial score (nSPS) is 17.8. The van der Waals surface area contributed by atoms with Gasteiger partial charge in [-0.2, -0.15) is 0 Å². The molecule has 0 N–H and O–H groups in total. The van der Waals surface area contributed by atoms with Crippen LogP contribution in [0.15, 0.2) is 164 Å². The summed E-state index contributed by atoms with van der Waals surface area (Å²) in [5, 5.41) is 5.40. The van der Waals surface area contributed by atoms with Gasteiger partial charge in [-0.15, -0.1) is 0 Å². The van der Waals surface area contributed by atoms with Crippen molar-refractivity contribution in [3.63, 3.8) is 0 Å². The van der Waals surface area contributed by atoms with Crippen LogP contribution >= 0.6 is 0 Å². The lowest BCUT2D eigenvalue weighted by atomic mass is 9.31. The molecule has 3 heterocycles. The van der Waals surface area contributed by atoms with Crippen LogP contribution in [0, 0.1) is 0 Å². The Balaban J connectivity index is 0.986. The number of fused-ring (bicyclic) bond motifs is 8. The summed E-state index contributed by atoms with van der Waals surface area (Å²) in [6.07, 6.45) is 25.8. The molecule has 4 nitrogen and oxygen atoms in total. The second kappa shape index (κ2) is 29.1. The van der Waals surface area contributed by atoms with E-state index in [2.05, 4.69) is 307 Å². The largest absolute Gasteiger partial charge is 0.342 e. The zero-order valence-corrected chi connectivity index (χ0v) is 70.3. The maximum atomic E-state index is 3.00. The Bertz CT molecular complexity index is 4970. The van der Waals surface area contributed by atoms with Crippen LogP contribution < -0.4 is 20.7 Å². The van der Waals surface area contributed by atoms with Crippen molar-refractivity contribution in [2.45, 2.75) is 316 Å². The van der Waals surface area contributed by atoms with Gasteiger partial charge in [-0.1, -0.05) is 273 Å². The van der Waals surface area contributed by atoms with Gasteiger partial charge < -0.3 is 18.9 Å². The van der Waals surface area contributed by atoms with E-state index in [1.165, 1.54) is 250 Å². The first-order valence-electron chi connectivity index (χ1n) is 43.5. The topological polar surface area (TPSA) is 16.3 Å². The first-order valence-corrected chi connectivity index (χ1v) is 43.5. The van der Waals surface area contributed by atoms with Gasteiger partial charge in [0.2, 0.25) is 6.71 Å². The molecule has 4 fully saturated rings. The molecule has 568 valence electrons. The Morgan fingerprint density at radius 3 is 1.16 bits per heavy atom. The van der Waals surface area contributed by atoms with E-state index in [1.807, 2.05) is 0 Å². The zero-order chi connectivity index (χ0) is 76.4. The highest BCUT2D eigenvalue weighted by molar-refractivity contribution is 6.90. The molecule has 0 amide bonds. The van der Waals surface area contributed by atoms with E-state index >= 15 is 0 Å². The zero-order valence-electron chi connectivity index (χ0n) is 70.3. The molecule has 16 rings (SSSR count). The summed E-state index contributed by atoms with van der Waals surface area (Å²) in [5.41, 5.74) is 32.3. The minimum absolute atomic E-state index is 0.00230. The number of rotatable bonds is 13. The lowest BCUT2D eigenvalue weighted by Gasteiger charge is -2.46. The standard InChI is InChI=1S/C104H129BN4/c1-19-106(98-81(70-34-24-20-25-35-70)42-32-43-82(98)71-36-26-21-27-37-71)95-65-79(104(16,17)18)66-96-97(95)105(67(2)68(3)107-90-56-49-75(100(4,5)6)61-85(90)86-62-76(101(7,8)9)50-57-91(86)107)89-55-48-74(60-94(89)109(96)99-83(72-38-28-22-29-39-72)44-33-45-84(99)73-40-30-23-31-41-73)69-46-53-80(54-47-69)108-92-58-51-77(102(10,11)12)63-87(92)88-64-78(103(13,14)15)52-59-93(88)108/h32-33,42-68,70-73H,19-31,34-41H2,1-18H3/t67?,68-/m1/s1. The van der Waals surface area contributed by atoms with E-state index < -0.39 is 0 Å². The van der Waals surface area contributed by atoms with Crippen LogP contribution in [0.1, 0.15) is 333 Å². The highest BCUT2D eigenvalue weighted by Crippen LogP contribution is 2.55. The highest BCUT2D eigenvalue weighted by atomic mass is 15.2. The van der Waals surface area contributed by atoms with Gasteiger partial charge in [0.1, 0.15) is 0 Å². The molecule has 5 heteroatoms. The van der Waals surface area contributed by atoms with Gasteiger partial charge in [0.25, 0.3) is 0 Å². The molecule has 4 saturated carbocycles. The number of anilines is 5. The van der Waals surface area contributed by atoms with E-state index in [1.54, 1.807) is 27.9 Å². The second-order valence-electron chi connectivity index (χ2n) is 40.2. The fourth-order valence-corrected chi connectivity index (χ4v) is 21.2. The second-order valence-corrected chi connectivity index (χ2v) is 40.2. The summed E-state index contributed by atoms with van der Waals surface area (Å²) in [5.74, 6) is 2.17. The number of hydrogen-bond donors (Lipinski definition) is 0. The average molecular weight is 1450 g/mol. The van der Waals surface area contributed by atoms with Gasteiger partial charge in [0.15, 0.2) is 0 Å². The third-order valence-electron chi connectivity index (χ3n) is 27.8. The molecule has 5 aliphatic rings. The lowest BCUT2D eigenvalue weighted by Crippen LogP contribution is -2.55. The van der Waals surface area contributed by atoms with Crippen molar-refractivity contribution in [1.82, 2.24) is 9.13 Å². The molecule has 0 saturated heterocycles. The predicted molar refractivity (Wildman–Crippen MR) is 475 cm³/mol. The number of hydrogen-bond acceptors (Lipinski definition) is 2. The number of benzene rings is 9. The summed E-state index contributed by atoms with van der Waals surface area (Å²) in [6.45, 7) is 44.6. The van der Waals surface area contributed by atoms with Crippen molar-refractivity contribution < 1.29 is 0 Å². The Morgan fingerprint density at radius 2 is 0.752 bits per heavy atom. The van der Waals surface area contributed by atoms with Gasteiger partial charge in [0, 0.05) is 73.6 Å². The van der Waals surface area contributed by atoms with E-state index in [-0.39, 0.29) is 45.6 Å². The van der Waals surface area contributed by atoms with Gasteiger partial charge in [0.05, 0.1) is 16.7 Å². The molecule has 4 aliphatic carbocycles. The molecule has 11 aromatic rings. The molecule has 1 unspecified atom stereocenters. The SMILES string of the molecule is CCN(c1cc(C(C)(C)C)cc2c1B(C(C)[C@@H](C)n1c3ccc(C(C)(C)C)cc3c3cc(C(C)(C)C)ccc31)c1ccc(-c3ccc(-n4c5ccc(C(C)(C)C)cc5c5cc(C(C)(C)C)ccc54)cc3)cc1N2c1c(C2CCCCC2)cccc1C1CCCCC1)c1c(C2CCCCC2)cccc1C1CCCCC1. The first kappa shape index (κ1) is 75.3. The van der Waals surface area contributed by atoms with Crippen LogP contribution in [0.5, 0.6) is 0 Å². The summed E-state index contributed by atoms with van der Waals surface area (Å²) in [6, 6.07) is 68.4. The molecule has 2 atom stereocenters. The van der Waals surface area contributed by atoms with Gasteiger partial charge in [-0.25, -0.2) is 0 Å². The fraction of sp³-hybridized carbons (Fsp3) is 0.481. The molecular formula is C104H129BN4. The Labute approximate surface area is 657 Å². The number of nitrogens with zero attached hydrogens (tertiary/aromatic N) is 4. The maximum Gasteiger partial charge on any atom is 0.222 e. The predicted octanol–water partition coefficient (Wildman–Crippen LogP) is 29.4. The first-order chi connectivity index (χ1) is 52.0. The summed E-state index contributed by atoms with van der Waals surface area (Å²) in [4.78, 5) is 5.98. The monoisotopic (exact) mass is 1450 g/mol. The molecule has 0 bridgehead atoms. The quantitative estimate of drug-likeness (QED) is 0.107. The van der Waals surface area contributed by atoms with Crippen LogP contribution in [-0.2, 0) is 27.1 Å². The Kier molecular flexibility index (Phi) is 20.1. The van der Waals surface area contributed by atoms with Gasteiger partial charge in [-0.05, 0) is 273 Å². The van der Waals surface area contributed by atoms with Crippen molar-refractivity contribution >= 4 is 89.7 Å². The molecular weight excluding hydrogens is 1320 g/mol. The number of para-hydroxylation sites is 2. The van der Waals surface area contributed by atoms with E-state index in [0.29, 0.717) is 23.7 Å². The van der Waals surface area contributed by atoms with Gasteiger partial charge in [-0.3, -0.25) is 0 Å². The smallest absolute Gasteiger partial charge is 0.222 e. The number of aromatic nitrogens is 2. The Morgan fingerprint density at radius 1 is 0.376 bits per heavy atom. The minimum Gasteiger partial charge on any atom is -0.342 e. The van der Waals surface area contributed by atoms with E-state index in [0.717, 1.165) is 6.54 Å². The van der Waals surface area contributed by atoms with Crippen molar-refractivity contribution in [3.05, 3.63) is 214 Å². The summed E-state index contributed by atoms with van der Waals surface area (Å²) < 4.78 is 5.36.